The quantitative estimate of drug-likeness (QED) is 0.538. The Hall–Kier alpha value is -2.51. The molecule has 1 aliphatic carbocycles. The number of carbonyl (C=O) groups excluding carboxylic acids is 1. The Morgan fingerprint density at radius 2 is 2.23 bits per heavy atom. The molecule has 0 radical (unpaired) electrons. The molecule has 0 bridgehead atoms. The zero-order chi connectivity index (χ0) is 18.8. The molecule has 0 aromatic carbocycles. The van der Waals surface area contributed by atoms with E-state index in [1.165, 1.54) is 24.9 Å². The first kappa shape index (κ1) is 18.3. The fraction of sp³-hybridized carbons (Fsp3) is 0.421. The van der Waals surface area contributed by atoms with Crippen LogP contribution in [-0.4, -0.2) is 38.1 Å². The molecule has 26 heavy (non-hydrogen) atoms. The Labute approximate surface area is 151 Å². The minimum absolute atomic E-state index is 0.0406. The van der Waals surface area contributed by atoms with Crippen LogP contribution in [0.2, 0.25) is 0 Å². The van der Waals surface area contributed by atoms with Crippen molar-refractivity contribution >= 4 is 11.6 Å². The average Bonchev–Trinajstić information content (AvgIpc) is 3.21. The van der Waals surface area contributed by atoms with Crippen molar-refractivity contribution in [1.29, 1.82) is 0 Å². The van der Waals surface area contributed by atoms with E-state index in [9.17, 15) is 15.0 Å². The maximum Gasteiger partial charge on any atom is 0.233 e. The molecule has 138 valence electrons. The van der Waals surface area contributed by atoms with Crippen LogP contribution in [0.4, 0.5) is 5.82 Å². The van der Waals surface area contributed by atoms with Gasteiger partial charge in [0, 0.05) is 17.8 Å². The van der Waals surface area contributed by atoms with Crippen molar-refractivity contribution in [3.63, 3.8) is 0 Å². The lowest BCUT2D eigenvalue weighted by atomic mass is 10.1. The van der Waals surface area contributed by atoms with Crippen LogP contribution < -0.4 is 5.32 Å². The van der Waals surface area contributed by atoms with E-state index in [0.717, 1.165) is 6.42 Å². The summed E-state index contributed by atoms with van der Waals surface area (Å²) in [5, 5.41) is 23.2. The Morgan fingerprint density at radius 1 is 1.46 bits per heavy atom. The van der Waals surface area contributed by atoms with Crippen LogP contribution in [0, 0.1) is 5.92 Å². The van der Waals surface area contributed by atoms with Crippen molar-refractivity contribution < 1.29 is 19.4 Å². The first-order chi connectivity index (χ1) is 12.4. The number of anilines is 1. The fourth-order valence-electron chi connectivity index (χ4n) is 3.18. The van der Waals surface area contributed by atoms with E-state index < -0.39 is 6.10 Å². The van der Waals surface area contributed by atoms with Gasteiger partial charge in [0.2, 0.25) is 5.78 Å². The number of nitrogens with one attached hydrogen (secondary N) is 1. The minimum atomic E-state index is -0.883. The van der Waals surface area contributed by atoms with E-state index in [1.807, 2.05) is 6.92 Å². The number of aliphatic hydroxyl groups is 2. The van der Waals surface area contributed by atoms with Gasteiger partial charge in [-0.1, -0.05) is 13.5 Å². The highest BCUT2D eigenvalue weighted by molar-refractivity contribution is 6.10. The first-order valence-corrected chi connectivity index (χ1v) is 8.58. The molecule has 2 aromatic rings. The largest absolute Gasteiger partial charge is 0.460 e. The molecule has 0 saturated heterocycles. The molecule has 2 heterocycles. The van der Waals surface area contributed by atoms with Crippen molar-refractivity contribution in [1.82, 2.24) is 9.97 Å². The Morgan fingerprint density at radius 3 is 2.88 bits per heavy atom. The summed E-state index contributed by atoms with van der Waals surface area (Å²) in [5.74, 6) is 0.331. The van der Waals surface area contributed by atoms with Gasteiger partial charge in [-0.15, -0.1) is 0 Å². The molecule has 7 heteroatoms. The van der Waals surface area contributed by atoms with E-state index in [1.54, 1.807) is 6.92 Å². The van der Waals surface area contributed by atoms with Crippen LogP contribution in [0.3, 0.4) is 0 Å². The normalized spacial score (nSPS) is 23.6. The van der Waals surface area contributed by atoms with E-state index in [2.05, 4.69) is 21.9 Å². The highest BCUT2D eigenvalue weighted by atomic mass is 16.3. The van der Waals surface area contributed by atoms with Crippen molar-refractivity contribution in [2.45, 2.75) is 44.9 Å². The molecule has 4 atom stereocenters. The van der Waals surface area contributed by atoms with Crippen molar-refractivity contribution in [3.05, 3.63) is 53.9 Å². The van der Waals surface area contributed by atoms with Gasteiger partial charge in [0.1, 0.15) is 18.2 Å². The Balaban J connectivity index is 1.81. The predicted octanol–water partition coefficient (Wildman–Crippen LogP) is 2.48. The summed E-state index contributed by atoms with van der Waals surface area (Å²) >= 11 is 0. The van der Waals surface area contributed by atoms with Crippen LogP contribution in [0.15, 0.2) is 41.4 Å². The standard InChI is InChI=1S/C19H23N3O4/c1-10(2)17(24)12-5-16(26-8-12)18(25)14-7-20-9-21-19(14)22-13-4-11(3)15(23)6-13/h5,7-9,11,13,15,17,23-24H,1,4,6H2,2-3H3,(H,20,21,22)/t11-,13-,15+,17-/m1/s1. The summed E-state index contributed by atoms with van der Waals surface area (Å²) in [4.78, 5) is 20.9. The molecule has 0 spiro atoms. The zero-order valence-electron chi connectivity index (χ0n) is 14.8. The van der Waals surface area contributed by atoms with Gasteiger partial charge in [0.25, 0.3) is 0 Å². The highest BCUT2D eigenvalue weighted by Gasteiger charge is 2.31. The third-order valence-electron chi connectivity index (χ3n) is 4.76. The minimum Gasteiger partial charge on any atom is -0.460 e. The molecule has 2 aromatic heterocycles. The van der Waals surface area contributed by atoms with Crippen LogP contribution in [0.1, 0.15) is 54.5 Å². The first-order valence-electron chi connectivity index (χ1n) is 8.58. The number of furan rings is 1. The molecule has 1 saturated carbocycles. The van der Waals surface area contributed by atoms with Gasteiger partial charge >= 0.3 is 0 Å². The molecule has 1 fully saturated rings. The summed E-state index contributed by atoms with van der Waals surface area (Å²) in [6.07, 6.45) is 4.31. The van der Waals surface area contributed by atoms with Crippen molar-refractivity contribution in [2.75, 3.05) is 5.32 Å². The molecule has 0 unspecified atom stereocenters. The lowest BCUT2D eigenvalue weighted by Crippen LogP contribution is -2.20. The predicted molar refractivity (Wildman–Crippen MR) is 95.8 cm³/mol. The third kappa shape index (κ3) is 3.68. The summed E-state index contributed by atoms with van der Waals surface area (Å²) < 4.78 is 5.34. The summed E-state index contributed by atoms with van der Waals surface area (Å²) in [7, 11) is 0. The molecule has 1 aliphatic rings. The maximum absolute atomic E-state index is 12.8. The maximum atomic E-state index is 12.8. The smallest absolute Gasteiger partial charge is 0.233 e. The molecule has 3 N–H and O–H groups in total. The molecule has 3 rings (SSSR count). The van der Waals surface area contributed by atoms with E-state index in [-0.39, 0.29) is 35.2 Å². The number of rotatable bonds is 6. The number of aliphatic hydroxyl groups excluding tert-OH is 2. The van der Waals surface area contributed by atoms with E-state index in [0.29, 0.717) is 23.4 Å². The third-order valence-corrected chi connectivity index (χ3v) is 4.76. The molecule has 0 aliphatic heterocycles. The van der Waals surface area contributed by atoms with Gasteiger partial charge < -0.3 is 19.9 Å². The zero-order valence-corrected chi connectivity index (χ0v) is 14.8. The SMILES string of the molecule is C=C(C)[C@@H](O)c1coc(C(=O)c2cncnc2N[C@@H]2C[C@@H](C)[C@@H](O)C2)c1. The summed E-state index contributed by atoms with van der Waals surface area (Å²) in [6, 6.07) is 1.54. The average molecular weight is 357 g/mol. The molecule has 0 amide bonds. The highest BCUT2D eigenvalue weighted by Crippen LogP contribution is 2.29. The Kier molecular flexibility index (Phi) is 5.20. The number of nitrogens with zero attached hydrogens (tertiary/aromatic N) is 2. The van der Waals surface area contributed by atoms with Crippen molar-refractivity contribution in [3.8, 4) is 0 Å². The van der Waals surface area contributed by atoms with Crippen LogP contribution in [0.5, 0.6) is 0 Å². The van der Waals surface area contributed by atoms with Crippen molar-refractivity contribution in [2.24, 2.45) is 5.92 Å². The van der Waals surface area contributed by atoms with Gasteiger partial charge in [-0.3, -0.25) is 4.79 Å². The lowest BCUT2D eigenvalue weighted by molar-refractivity contribution is 0.101. The van der Waals surface area contributed by atoms with Gasteiger partial charge in [-0.2, -0.15) is 0 Å². The Bertz CT molecular complexity index is 807. The summed E-state index contributed by atoms with van der Waals surface area (Å²) in [6.45, 7) is 7.39. The van der Waals surface area contributed by atoms with Gasteiger partial charge in [-0.05, 0) is 37.3 Å². The lowest BCUT2D eigenvalue weighted by Gasteiger charge is -2.14. The summed E-state index contributed by atoms with van der Waals surface area (Å²) in [5.41, 5.74) is 1.32. The van der Waals surface area contributed by atoms with Crippen LogP contribution >= 0.6 is 0 Å². The molecular formula is C19H23N3O4. The van der Waals surface area contributed by atoms with Crippen LogP contribution in [0.25, 0.3) is 0 Å². The second-order valence-electron chi connectivity index (χ2n) is 6.96. The second kappa shape index (κ2) is 7.39. The van der Waals surface area contributed by atoms with Gasteiger partial charge in [-0.25, -0.2) is 9.97 Å². The fourth-order valence-corrected chi connectivity index (χ4v) is 3.18. The number of aromatic nitrogens is 2. The van der Waals surface area contributed by atoms with Gasteiger partial charge in [0.05, 0.1) is 17.9 Å². The monoisotopic (exact) mass is 357 g/mol. The second-order valence-corrected chi connectivity index (χ2v) is 6.96. The molecule has 7 nitrogen and oxygen atoms in total. The topological polar surface area (TPSA) is 108 Å². The van der Waals surface area contributed by atoms with E-state index >= 15 is 0 Å². The number of ketones is 1. The number of hydrogen-bond acceptors (Lipinski definition) is 7. The number of hydrogen-bond donors (Lipinski definition) is 3. The number of carbonyl (C=O) groups is 1. The van der Waals surface area contributed by atoms with Gasteiger partial charge in [0.15, 0.2) is 5.76 Å². The van der Waals surface area contributed by atoms with Crippen LogP contribution in [-0.2, 0) is 0 Å². The molecular weight excluding hydrogens is 334 g/mol. The van der Waals surface area contributed by atoms with E-state index in [4.69, 9.17) is 4.42 Å².